The minimum atomic E-state index is 0.438. The Morgan fingerprint density at radius 1 is 1.31 bits per heavy atom. The summed E-state index contributed by atoms with van der Waals surface area (Å²) in [4.78, 5) is 4.41. The molecule has 84 valence electrons. The van der Waals surface area contributed by atoms with Gasteiger partial charge in [-0.15, -0.1) is 0 Å². The van der Waals surface area contributed by atoms with E-state index in [-0.39, 0.29) is 0 Å². The Balaban J connectivity index is 2.30. The zero-order valence-corrected chi connectivity index (χ0v) is 10.4. The van der Waals surface area contributed by atoms with Gasteiger partial charge in [-0.1, -0.05) is 24.3 Å². The van der Waals surface area contributed by atoms with E-state index >= 15 is 0 Å². The van der Waals surface area contributed by atoms with Crippen molar-refractivity contribution >= 4 is 28.4 Å². The largest absolute Gasteiger partial charge is 0.366 e. The van der Waals surface area contributed by atoms with Crippen LogP contribution in [-0.2, 0) is 0 Å². The number of fused-ring (bicyclic) bond motifs is 1. The third-order valence-corrected chi connectivity index (χ3v) is 3.31. The molecule has 1 aromatic carbocycles. The van der Waals surface area contributed by atoms with Crippen molar-refractivity contribution < 1.29 is 0 Å². The van der Waals surface area contributed by atoms with Crippen molar-refractivity contribution in [2.24, 2.45) is 0 Å². The Bertz CT molecular complexity index is 465. The number of aromatic nitrogens is 1. The second-order valence-electron chi connectivity index (χ2n) is 3.88. The molecule has 0 bridgehead atoms. The highest BCUT2D eigenvalue weighted by atomic mass is 32.2. The first-order valence-corrected chi connectivity index (χ1v) is 6.80. The van der Waals surface area contributed by atoms with Crippen LogP contribution in [0, 0.1) is 0 Å². The molecular formula is C13H16N2S. The van der Waals surface area contributed by atoms with Crippen molar-refractivity contribution in [2.45, 2.75) is 13.0 Å². The van der Waals surface area contributed by atoms with Crippen LogP contribution >= 0.6 is 11.8 Å². The fourth-order valence-electron chi connectivity index (χ4n) is 1.76. The zero-order valence-electron chi connectivity index (χ0n) is 9.60. The van der Waals surface area contributed by atoms with Gasteiger partial charge in [0.2, 0.25) is 0 Å². The Hall–Kier alpha value is -1.22. The molecule has 0 spiro atoms. The molecule has 1 atom stereocenters. The van der Waals surface area contributed by atoms with E-state index in [9.17, 15) is 0 Å². The number of nitrogens with one attached hydrogen (secondary N) is 1. The molecule has 3 heteroatoms. The lowest BCUT2D eigenvalue weighted by Gasteiger charge is -2.14. The molecule has 0 saturated carbocycles. The van der Waals surface area contributed by atoms with E-state index < -0.39 is 0 Å². The molecule has 1 unspecified atom stereocenters. The molecule has 0 radical (unpaired) electrons. The summed E-state index contributed by atoms with van der Waals surface area (Å²) in [6.07, 6.45) is 3.98. The van der Waals surface area contributed by atoms with Crippen LogP contribution in [0.5, 0.6) is 0 Å². The predicted octanol–water partition coefficient (Wildman–Crippen LogP) is 3.40. The van der Waals surface area contributed by atoms with Gasteiger partial charge in [0.05, 0.1) is 0 Å². The Morgan fingerprint density at radius 3 is 2.94 bits per heavy atom. The molecular weight excluding hydrogens is 216 g/mol. The zero-order chi connectivity index (χ0) is 11.4. The van der Waals surface area contributed by atoms with Crippen LogP contribution in [-0.4, -0.2) is 23.0 Å². The number of rotatable bonds is 4. The summed E-state index contributed by atoms with van der Waals surface area (Å²) in [7, 11) is 0. The Kier molecular flexibility index (Phi) is 3.67. The maximum atomic E-state index is 4.41. The SMILES string of the molecule is CSCC(C)Nc1nccc2ccccc12. The minimum absolute atomic E-state index is 0.438. The number of anilines is 1. The quantitative estimate of drug-likeness (QED) is 0.874. The summed E-state index contributed by atoms with van der Waals surface area (Å²) in [6.45, 7) is 2.18. The average molecular weight is 232 g/mol. The number of hydrogen-bond acceptors (Lipinski definition) is 3. The standard InChI is InChI=1S/C13H16N2S/c1-10(9-16-2)15-13-12-6-4-3-5-11(12)7-8-14-13/h3-8,10H,9H2,1-2H3,(H,14,15). The van der Waals surface area contributed by atoms with E-state index in [1.807, 2.05) is 24.0 Å². The van der Waals surface area contributed by atoms with Gasteiger partial charge in [0.1, 0.15) is 5.82 Å². The molecule has 1 N–H and O–H groups in total. The fraction of sp³-hybridized carbons (Fsp3) is 0.308. The Morgan fingerprint density at radius 2 is 2.12 bits per heavy atom. The smallest absolute Gasteiger partial charge is 0.134 e. The first kappa shape index (κ1) is 11.3. The van der Waals surface area contributed by atoms with E-state index in [1.165, 1.54) is 10.8 Å². The second kappa shape index (κ2) is 5.21. The summed E-state index contributed by atoms with van der Waals surface area (Å²) in [5, 5.41) is 5.88. The maximum Gasteiger partial charge on any atom is 0.134 e. The highest BCUT2D eigenvalue weighted by Gasteiger charge is 2.05. The molecule has 16 heavy (non-hydrogen) atoms. The van der Waals surface area contributed by atoms with Crippen LogP contribution in [0.2, 0.25) is 0 Å². The molecule has 0 aliphatic carbocycles. The summed E-state index contributed by atoms with van der Waals surface area (Å²) >= 11 is 1.84. The number of benzene rings is 1. The topological polar surface area (TPSA) is 24.9 Å². The highest BCUT2D eigenvalue weighted by molar-refractivity contribution is 7.98. The molecule has 0 fully saturated rings. The van der Waals surface area contributed by atoms with Gasteiger partial charge in [-0.25, -0.2) is 4.98 Å². The number of pyridine rings is 1. The highest BCUT2D eigenvalue weighted by Crippen LogP contribution is 2.21. The number of nitrogens with zero attached hydrogens (tertiary/aromatic N) is 1. The first-order valence-electron chi connectivity index (χ1n) is 5.40. The lowest BCUT2D eigenvalue weighted by Crippen LogP contribution is -2.18. The van der Waals surface area contributed by atoms with E-state index in [0.717, 1.165) is 11.6 Å². The normalized spacial score (nSPS) is 12.6. The average Bonchev–Trinajstić information content (AvgIpc) is 2.30. The minimum Gasteiger partial charge on any atom is -0.366 e. The van der Waals surface area contributed by atoms with E-state index in [1.54, 1.807) is 0 Å². The predicted molar refractivity (Wildman–Crippen MR) is 73.2 cm³/mol. The van der Waals surface area contributed by atoms with Crippen LogP contribution in [0.1, 0.15) is 6.92 Å². The molecule has 2 aromatic rings. The summed E-state index contributed by atoms with van der Waals surface area (Å²) < 4.78 is 0. The molecule has 2 rings (SSSR count). The lowest BCUT2D eigenvalue weighted by molar-refractivity contribution is 0.906. The molecule has 0 aliphatic heterocycles. The van der Waals surface area contributed by atoms with Gasteiger partial charge in [-0.2, -0.15) is 11.8 Å². The van der Waals surface area contributed by atoms with E-state index in [2.05, 4.69) is 47.7 Å². The van der Waals surface area contributed by atoms with Crippen molar-refractivity contribution in [1.82, 2.24) is 4.98 Å². The second-order valence-corrected chi connectivity index (χ2v) is 4.79. The first-order chi connectivity index (χ1) is 7.81. The van der Waals surface area contributed by atoms with Gasteiger partial charge in [-0.05, 0) is 24.6 Å². The van der Waals surface area contributed by atoms with Crippen molar-refractivity contribution in [3.05, 3.63) is 36.5 Å². The van der Waals surface area contributed by atoms with Crippen molar-refractivity contribution in [3.63, 3.8) is 0 Å². The Labute approximate surface area is 100 Å². The van der Waals surface area contributed by atoms with Crippen LogP contribution in [0.3, 0.4) is 0 Å². The van der Waals surface area contributed by atoms with Gasteiger partial charge < -0.3 is 5.32 Å². The molecule has 1 aromatic heterocycles. The van der Waals surface area contributed by atoms with Gasteiger partial charge in [-0.3, -0.25) is 0 Å². The van der Waals surface area contributed by atoms with E-state index in [0.29, 0.717) is 6.04 Å². The monoisotopic (exact) mass is 232 g/mol. The van der Waals surface area contributed by atoms with Crippen LogP contribution in [0.4, 0.5) is 5.82 Å². The van der Waals surface area contributed by atoms with Gasteiger partial charge in [0.25, 0.3) is 0 Å². The fourth-order valence-corrected chi connectivity index (χ4v) is 2.34. The molecule has 0 amide bonds. The maximum absolute atomic E-state index is 4.41. The molecule has 1 heterocycles. The lowest BCUT2D eigenvalue weighted by atomic mass is 10.1. The van der Waals surface area contributed by atoms with Crippen LogP contribution < -0.4 is 5.32 Å². The van der Waals surface area contributed by atoms with Crippen molar-refractivity contribution in [1.29, 1.82) is 0 Å². The summed E-state index contributed by atoms with van der Waals surface area (Å²) in [5.41, 5.74) is 0. The third kappa shape index (κ3) is 2.47. The number of hydrogen-bond donors (Lipinski definition) is 1. The van der Waals surface area contributed by atoms with Crippen LogP contribution in [0.15, 0.2) is 36.5 Å². The third-order valence-electron chi connectivity index (χ3n) is 2.47. The number of thioether (sulfide) groups is 1. The summed E-state index contributed by atoms with van der Waals surface area (Å²) in [5.74, 6) is 2.07. The van der Waals surface area contributed by atoms with E-state index in [4.69, 9.17) is 0 Å². The van der Waals surface area contributed by atoms with Gasteiger partial charge in [0.15, 0.2) is 0 Å². The van der Waals surface area contributed by atoms with Crippen LogP contribution in [0.25, 0.3) is 10.8 Å². The molecule has 0 saturated heterocycles. The summed E-state index contributed by atoms with van der Waals surface area (Å²) in [6, 6.07) is 10.8. The van der Waals surface area contributed by atoms with Crippen molar-refractivity contribution in [3.8, 4) is 0 Å². The van der Waals surface area contributed by atoms with Gasteiger partial charge in [0, 0.05) is 23.4 Å². The molecule has 2 nitrogen and oxygen atoms in total. The van der Waals surface area contributed by atoms with Crippen molar-refractivity contribution in [2.75, 3.05) is 17.3 Å². The molecule has 0 aliphatic rings. The van der Waals surface area contributed by atoms with Gasteiger partial charge >= 0.3 is 0 Å².